The molecule has 1 aromatic carbocycles. The number of aliphatic hydroxyl groups excluding tert-OH is 1. The lowest BCUT2D eigenvalue weighted by atomic mass is 10.1. The number of anilines is 1. The average Bonchev–Trinajstić information content (AvgIpc) is 2.39. The summed E-state index contributed by atoms with van der Waals surface area (Å²) in [5.74, 6) is 5.21. The molecule has 0 bridgehead atoms. The maximum absolute atomic E-state index is 11.8. The second-order valence-corrected chi connectivity index (χ2v) is 5.50. The van der Waals surface area contributed by atoms with Gasteiger partial charge in [-0.1, -0.05) is 17.9 Å². The standard InChI is InChI=1S/C13H18N2O4S/c1-11-5-6-13(12(10-11)4-3-8-16)15-20(17,18)14-7-9-19-2/h5-6,10,14-16H,7-9H2,1-2H3. The molecular weight excluding hydrogens is 280 g/mol. The van der Waals surface area contributed by atoms with Crippen LogP contribution in [-0.4, -0.2) is 40.4 Å². The third-order valence-corrected chi connectivity index (χ3v) is 3.39. The molecule has 1 aromatic rings. The Morgan fingerprint density at radius 3 is 2.80 bits per heavy atom. The van der Waals surface area contributed by atoms with Crippen LogP contribution in [0.2, 0.25) is 0 Å². The van der Waals surface area contributed by atoms with Gasteiger partial charge in [0.05, 0.1) is 12.3 Å². The first-order valence-corrected chi connectivity index (χ1v) is 7.43. The van der Waals surface area contributed by atoms with Crippen molar-refractivity contribution < 1.29 is 18.3 Å². The molecule has 0 radical (unpaired) electrons. The summed E-state index contributed by atoms with van der Waals surface area (Å²) in [7, 11) is -2.19. The normalized spacial score (nSPS) is 10.8. The van der Waals surface area contributed by atoms with Gasteiger partial charge in [0.15, 0.2) is 0 Å². The molecule has 110 valence electrons. The molecule has 0 spiro atoms. The molecule has 0 amide bonds. The number of hydrogen-bond donors (Lipinski definition) is 3. The zero-order chi connectivity index (χ0) is 15.0. The Morgan fingerprint density at radius 2 is 2.15 bits per heavy atom. The van der Waals surface area contributed by atoms with Crippen LogP contribution in [0, 0.1) is 18.8 Å². The average molecular weight is 298 g/mol. The van der Waals surface area contributed by atoms with Crippen LogP contribution < -0.4 is 9.44 Å². The van der Waals surface area contributed by atoms with Gasteiger partial charge in [0.2, 0.25) is 0 Å². The Labute approximate surface area is 119 Å². The van der Waals surface area contributed by atoms with Crippen LogP contribution in [0.25, 0.3) is 0 Å². The number of aliphatic hydroxyl groups is 1. The van der Waals surface area contributed by atoms with E-state index in [9.17, 15) is 8.42 Å². The van der Waals surface area contributed by atoms with Crippen molar-refractivity contribution in [2.24, 2.45) is 0 Å². The topological polar surface area (TPSA) is 87.7 Å². The van der Waals surface area contributed by atoms with Crippen LogP contribution in [0.15, 0.2) is 18.2 Å². The number of rotatable bonds is 6. The van der Waals surface area contributed by atoms with Crippen LogP contribution in [0.1, 0.15) is 11.1 Å². The summed E-state index contributed by atoms with van der Waals surface area (Å²) in [6.45, 7) is 2.05. The number of ether oxygens (including phenoxy) is 1. The minimum atomic E-state index is -3.68. The van der Waals surface area contributed by atoms with Gasteiger partial charge in [0.1, 0.15) is 6.61 Å². The molecule has 0 aliphatic heterocycles. The molecule has 6 nitrogen and oxygen atoms in total. The van der Waals surface area contributed by atoms with E-state index in [-0.39, 0.29) is 19.8 Å². The molecule has 0 unspecified atom stereocenters. The predicted octanol–water partition coefficient (Wildman–Crippen LogP) is 0.232. The summed E-state index contributed by atoms with van der Waals surface area (Å²) in [6.07, 6.45) is 0. The number of benzene rings is 1. The van der Waals surface area contributed by atoms with Crippen molar-refractivity contribution in [2.75, 3.05) is 31.6 Å². The van der Waals surface area contributed by atoms with Gasteiger partial charge in [-0.25, -0.2) is 0 Å². The Kier molecular flexibility index (Phi) is 6.48. The highest BCUT2D eigenvalue weighted by Crippen LogP contribution is 2.17. The van der Waals surface area contributed by atoms with E-state index in [0.717, 1.165) is 5.56 Å². The molecule has 0 aliphatic carbocycles. The number of hydrogen-bond acceptors (Lipinski definition) is 4. The van der Waals surface area contributed by atoms with Crippen LogP contribution in [0.3, 0.4) is 0 Å². The van der Waals surface area contributed by atoms with E-state index in [2.05, 4.69) is 21.3 Å². The third-order valence-electron chi connectivity index (χ3n) is 2.32. The first-order valence-electron chi connectivity index (χ1n) is 5.95. The molecule has 0 saturated heterocycles. The van der Waals surface area contributed by atoms with E-state index in [1.165, 1.54) is 7.11 Å². The van der Waals surface area contributed by atoms with Gasteiger partial charge >= 0.3 is 0 Å². The van der Waals surface area contributed by atoms with Gasteiger partial charge < -0.3 is 9.84 Å². The fourth-order valence-corrected chi connectivity index (χ4v) is 2.34. The Bertz CT molecular complexity index is 603. The number of aryl methyl sites for hydroxylation is 1. The van der Waals surface area contributed by atoms with Crippen molar-refractivity contribution in [3.63, 3.8) is 0 Å². The molecular formula is C13H18N2O4S. The Hall–Kier alpha value is -1.59. The summed E-state index contributed by atoms with van der Waals surface area (Å²) in [6, 6.07) is 5.15. The Morgan fingerprint density at radius 1 is 1.40 bits per heavy atom. The van der Waals surface area contributed by atoms with Gasteiger partial charge in [-0.3, -0.25) is 4.72 Å². The minimum Gasteiger partial charge on any atom is -0.384 e. The molecule has 7 heteroatoms. The zero-order valence-corrected chi connectivity index (χ0v) is 12.3. The van der Waals surface area contributed by atoms with E-state index in [1.54, 1.807) is 18.2 Å². The fraction of sp³-hybridized carbons (Fsp3) is 0.385. The summed E-state index contributed by atoms with van der Waals surface area (Å²) in [5, 5.41) is 8.73. The Balaban J connectivity index is 2.91. The van der Waals surface area contributed by atoms with Gasteiger partial charge in [0, 0.05) is 19.2 Å². The molecule has 0 fully saturated rings. The van der Waals surface area contributed by atoms with Crippen molar-refractivity contribution in [3.8, 4) is 11.8 Å². The van der Waals surface area contributed by atoms with E-state index < -0.39 is 10.2 Å². The molecule has 20 heavy (non-hydrogen) atoms. The van der Waals surface area contributed by atoms with Crippen molar-refractivity contribution in [1.29, 1.82) is 0 Å². The fourth-order valence-electron chi connectivity index (χ4n) is 1.44. The zero-order valence-electron chi connectivity index (χ0n) is 11.4. The second-order valence-electron chi connectivity index (χ2n) is 4.00. The maximum atomic E-state index is 11.8. The highest BCUT2D eigenvalue weighted by molar-refractivity contribution is 7.90. The van der Waals surface area contributed by atoms with E-state index >= 15 is 0 Å². The van der Waals surface area contributed by atoms with Crippen LogP contribution in [0.4, 0.5) is 5.69 Å². The van der Waals surface area contributed by atoms with Crippen molar-refractivity contribution >= 4 is 15.9 Å². The number of nitrogens with one attached hydrogen (secondary N) is 2. The largest absolute Gasteiger partial charge is 0.384 e. The monoisotopic (exact) mass is 298 g/mol. The lowest BCUT2D eigenvalue weighted by Gasteiger charge is -2.11. The van der Waals surface area contributed by atoms with Crippen molar-refractivity contribution in [1.82, 2.24) is 4.72 Å². The van der Waals surface area contributed by atoms with E-state index in [4.69, 9.17) is 9.84 Å². The summed E-state index contributed by atoms with van der Waals surface area (Å²) < 4.78 is 33.1. The predicted molar refractivity (Wildman–Crippen MR) is 77.6 cm³/mol. The van der Waals surface area contributed by atoms with Crippen molar-refractivity contribution in [2.45, 2.75) is 6.92 Å². The summed E-state index contributed by atoms with van der Waals surface area (Å²) in [5.41, 5.74) is 1.82. The molecule has 0 atom stereocenters. The maximum Gasteiger partial charge on any atom is 0.299 e. The van der Waals surface area contributed by atoms with Crippen molar-refractivity contribution in [3.05, 3.63) is 29.3 Å². The summed E-state index contributed by atoms with van der Waals surface area (Å²) >= 11 is 0. The second kappa shape index (κ2) is 7.87. The lowest BCUT2D eigenvalue weighted by Crippen LogP contribution is -2.32. The first-order chi connectivity index (χ1) is 9.48. The molecule has 3 N–H and O–H groups in total. The van der Waals surface area contributed by atoms with Gasteiger partial charge in [-0.2, -0.15) is 13.1 Å². The number of methoxy groups -OCH3 is 1. The van der Waals surface area contributed by atoms with E-state index in [1.807, 2.05) is 6.92 Å². The minimum absolute atomic E-state index is 0.176. The highest BCUT2D eigenvalue weighted by Gasteiger charge is 2.11. The SMILES string of the molecule is COCCNS(=O)(=O)Nc1ccc(C)cc1C#CCO. The van der Waals surface area contributed by atoms with Crippen LogP contribution in [-0.2, 0) is 14.9 Å². The molecule has 0 aliphatic rings. The van der Waals surface area contributed by atoms with Gasteiger partial charge in [-0.05, 0) is 24.6 Å². The summed E-state index contributed by atoms with van der Waals surface area (Å²) in [4.78, 5) is 0. The first kappa shape index (κ1) is 16.5. The third kappa shape index (κ3) is 5.59. The molecule has 0 saturated carbocycles. The highest BCUT2D eigenvalue weighted by atomic mass is 32.2. The smallest absolute Gasteiger partial charge is 0.299 e. The van der Waals surface area contributed by atoms with Crippen LogP contribution in [0.5, 0.6) is 0 Å². The van der Waals surface area contributed by atoms with E-state index in [0.29, 0.717) is 11.3 Å². The molecule has 0 heterocycles. The van der Waals surface area contributed by atoms with Crippen LogP contribution >= 0.6 is 0 Å². The molecule has 0 aromatic heterocycles. The molecule has 1 rings (SSSR count). The van der Waals surface area contributed by atoms with Gasteiger partial charge in [0.25, 0.3) is 10.2 Å². The quantitative estimate of drug-likeness (QED) is 0.518. The van der Waals surface area contributed by atoms with Gasteiger partial charge in [-0.15, -0.1) is 0 Å². The lowest BCUT2D eigenvalue weighted by molar-refractivity contribution is 0.204.